The van der Waals surface area contributed by atoms with Crippen molar-refractivity contribution in [2.24, 2.45) is 7.05 Å². The Kier molecular flexibility index (Phi) is 3.65. The Morgan fingerprint density at radius 1 is 1.50 bits per heavy atom. The number of nitro benzene ring substituents is 1. The first kappa shape index (κ1) is 13.5. The Bertz CT molecular complexity index is 665. The fraction of sp³-hybridized carbons (Fsp3) is 0.167. The van der Waals surface area contributed by atoms with E-state index in [0.29, 0.717) is 6.54 Å². The number of hydrogen-bond donors (Lipinski definition) is 2. The molecule has 0 aliphatic heterocycles. The second kappa shape index (κ2) is 5.39. The van der Waals surface area contributed by atoms with Crippen LogP contribution in [-0.2, 0) is 13.6 Å². The van der Waals surface area contributed by atoms with Crippen molar-refractivity contribution in [1.29, 1.82) is 0 Å². The van der Waals surface area contributed by atoms with Crippen molar-refractivity contribution in [2.45, 2.75) is 6.54 Å². The first-order valence-corrected chi connectivity index (χ1v) is 5.78. The van der Waals surface area contributed by atoms with Gasteiger partial charge in [-0.3, -0.25) is 19.6 Å². The van der Waals surface area contributed by atoms with Crippen LogP contribution in [-0.4, -0.2) is 20.6 Å². The lowest BCUT2D eigenvalue weighted by Crippen LogP contribution is -2.24. The van der Waals surface area contributed by atoms with Gasteiger partial charge in [0.15, 0.2) is 0 Å². The molecule has 1 aromatic carbocycles. The molecule has 0 fully saturated rings. The van der Waals surface area contributed by atoms with Crippen molar-refractivity contribution in [3.05, 3.63) is 51.8 Å². The van der Waals surface area contributed by atoms with E-state index in [0.717, 1.165) is 5.69 Å². The number of amides is 1. The number of hydrogen-bond acceptors (Lipinski definition) is 5. The molecule has 0 atom stereocenters. The van der Waals surface area contributed by atoms with E-state index in [4.69, 9.17) is 5.73 Å². The highest BCUT2D eigenvalue weighted by Gasteiger charge is 2.14. The van der Waals surface area contributed by atoms with Gasteiger partial charge in [0.25, 0.3) is 11.6 Å². The van der Waals surface area contributed by atoms with Crippen molar-refractivity contribution in [3.63, 3.8) is 0 Å². The molecule has 0 unspecified atom stereocenters. The van der Waals surface area contributed by atoms with Gasteiger partial charge in [0, 0.05) is 24.9 Å². The van der Waals surface area contributed by atoms with E-state index in [9.17, 15) is 14.9 Å². The topological polar surface area (TPSA) is 116 Å². The Morgan fingerprint density at radius 3 is 2.80 bits per heavy atom. The average Bonchev–Trinajstić information content (AvgIpc) is 2.81. The number of carbonyl (C=O) groups excluding carboxylic acids is 1. The van der Waals surface area contributed by atoms with Crippen molar-refractivity contribution < 1.29 is 9.72 Å². The molecule has 0 spiro atoms. The molecule has 0 saturated heterocycles. The summed E-state index contributed by atoms with van der Waals surface area (Å²) in [6.45, 7) is 0.312. The summed E-state index contributed by atoms with van der Waals surface area (Å²) in [5.41, 5.74) is 6.40. The van der Waals surface area contributed by atoms with Gasteiger partial charge >= 0.3 is 0 Å². The van der Waals surface area contributed by atoms with Crippen LogP contribution in [0.1, 0.15) is 16.1 Å². The number of anilines is 1. The zero-order chi connectivity index (χ0) is 14.7. The molecule has 0 radical (unpaired) electrons. The molecule has 0 aliphatic carbocycles. The van der Waals surface area contributed by atoms with Crippen molar-refractivity contribution in [2.75, 3.05) is 5.73 Å². The first-order chi connectivity index (χ1) is 9.49. The maximum Gasteiger partial charge on any atom is 0.292 e. The Balaban J connectivity index is 2.08. The summed E-state index contributed by atoms with van der Waals surface area (Å²) >= 11 is 0. The van der Waals surface area contributed by atoms with Gasteiger partial charge in [-0.05, 0) is 18.2 Å². The van der Waals surface area contributed by atoms with Gasteiger partial charge in [0.05, 0.1) is 17.2 Å². The number of nitrogens with two attached hydrogens (primary N) is 1. The van der Waals surface area contributed by atoms with Crippen LogP contribution in [0.25, 0.3) is 0 Å². The molecule has 2 rings (SSSR count). The number of rotatable bonds is 4. The van der Waals surface area contributed by atoms with E-state index in [-0.39, 0.29) is 22.8 Å². The zero-order valence-corrected chi connectivity index (χ0v) is 10.7. The number of nitrogen functional groups attached to an aromatic ring is 1. The van der Waals surface area contributed by atoms with E-state index in [2.05, 4.69) is 10.4 Å². The molecule has 0 bridgehead atoms. The SMILES string of the molecule is Cn1nccc1CNC(=O)c1ccc([N+](=O)[O-])c(N)c1. The molecular formula is C12H13N5O3. The van der Waals surface area contributed by atoms with Crippen LogP contribution in [0, 0.1) is 10.1 Å². The molecule has 0 saturated carbocycles. The highest BCUT2D eigenvalue weighted by Crippen LogP contribution is 2.21. The van der Waals surface area contributed by atoms with Gasteiger partial charge in [0.1, 0.15) is 5.69 Å². The lowest BCUT2D eigenvalue weighted by atomic mass is 10.1. The third kappa shape index (κ3) is 2.74. The molecule has 8 nitrogen and oxygen atoms in total. The molecule has 1 aromatic heterocycles. The predicted octanol–water partition coefficient (Wildman–Crippen LogP) is 0.841. The summed E-state index contributed by atoms with van der Waals surface area (Å²) in [5, 5.41) is 17.3. The van der Waals surface area contributed by atoms with Gasteiger partial charge in [-0.2, -0.15) is 5.10 Å². The van der Waals surface area contributed by atoms with Gasteiger partial charge in [-0.25, -0.2) is 0 Å². The number of aryl methyl sites for hydroxylation is 1. The molecule has 8 heteroatoms. The van der Waals surface area contributed by atoms with E-state index in [1.165, 1.54) is 18.2 Å². The Morgan fingerprint density at radius 2 is 2.25 bits per heavy atom. The normalized spacial score (nSPS) is 10.2. The average molecular weight is 275 g/mol. The number of carbonyl (C=O) groups is 1. The van der Waals surface area contributed by atoms with Gasteiger partial charge < -0.3 is 11.1 Å². The molecule has 104 valence electrons. The quantitative estimate of drug-likeness (QED) is 0.487. The summed E-state index contributed by atoms with van der Waals surface area (Å²) in [7, 11) is 1.77. The second-order valence-corrected chi connectivity index (χ2v) is 4.16. The fourth-order valence-electron chi connectivity index (χ4n) is 1.71. The number of benzene rings is 1. The molecule has 3 N–H and O–H groups in total. The molecule has 2 aromatic rings. The van der Waals surface area contributed by atoms with Crippen LogP contribution in [0.2, 0.25) is 0 Å². The van der Waals surface area contributed by atoms with Crippen LogP contribution >= 0.6 is 0 Å². The van der Waals surface area contributed by atoms with Crippen LogP contribution in [0.3, 0.4) is 0 Å². The summed E-state index contributed by atoms with van der Waals surface area (Å²) in [5.74, 6) is -0.354. The third-order valence-electron chi connectivity index (χ3n) is 2.84. The summed E-state index contributed by atoms with van der Waals surface area (Å²) in [6, 6.07) is 5.66. The van der Waals surface area contributed by atoms with E-state index < -0.39 is 4.92 Å². The van der Waals surface area contributed by atoms with E-state index in [1.54, 1.807) is 24.0 Å². The number of nitro groups is 1. The third-order valence-corrected chi connectivity index (χ3v) is 2.84. The summed E-state index contributed by atoms with van der Waals surface area (Å²) < 4.78 is 1.64. The molecular weight excluding hydrogens is 262 g/mol. The van der Waals surface area contributed by atoms with Crippen LogP contribution < -0.4 is 11.1 Å². The first-order valence-electron chi connectivity index (χ1n) is 5.78. The standard InChI is InChI=1S/C12H13N5O3/c1-16-9(4-5-15-16)7-14-12(18)8-2-3-11(17(19)20)10(13)6-8/h2-6H,7,13H2,1H3,(H,14,18). The number of aromatic nitrogens is 2. The molecule has 1 amide bonds. The van der Waals surface area contributed by atoms with Gasteiger partial charge in [0.2, 0.25) is 0 Å². The van der Waals surface area contributed by atoms with Crippen molar-refractivity contribution in [3.8, 4) is 0 Å². The minimum absolute atomic E-state index is 0.0387. The maximum absolute atomic E-state index is 11.9. The predicted molar refractivity (Wildman–Crippen MR) is 71.9 cm³/mol. The molecule has 1 heterocycles. The lowest BCUT2D eigenvalue weighted by molar-refractivity contribution is -0.383. The fourth-order valence-corrected chi connectivity index (χ4v) is 1.71. The molecule has 20 heavy (non-hydrogen) atoms. The summed E-state index contributed by atoms with van der Waals surface area (Å²) in [4.78, 5) is 22.0. The minimum atomic E-state index is -0.591. The van der Waals surface area contributed by atoms with Crippen molar-refractivity contribution >= 4 is 17.3 Å². The largest absolute Gasteiger partial charge is 0.393 e. The van der Waals surface area contributed by atoms with E-state index >= 15 is 0 Å². The minimum Gasteiger partial charge on any atom is -0.393 e. The number of nitrogens with zero attached hydrogens (tertiary/aromatic N) is 3. The van der Waals surface area contributed by atoms with Crippen LogP contribution in [0.5, 0.6) is 0 Å². The molecule has 0 aliphatic rings. The van der Waals surface area contributed by atoms with E-state index in [1.807, 2.05) is 0 Å². The van der Waals surface area contributed by atoms with Crippen LogP contribution in [0.4, 0.5) is 11.4 Å². The van der Waals surface area contributed by atoms with Crippen LogP contribution in [0.15, 0.2) is 30.5 Å². The second-order valence-electron chi connectivity index (χ2n) is 4.16. The Hall–Kier alpha value is -2.90. The lowest BCUT2D eigenvalue weighted by Gasteiger charge is -2.06. The van der Waals surface area contributed by atoms with Crippen molar-refractivity contribution in [1.82, 2.24) is 15.1 Å². The monoisotopic (exact) mass is 275 g/mol. The Labute approximate surface area is 114 Å². The zero-order valence-electron chi connectivity index (χ0n) is 10.7. The highest BCUT2D eigenvalue weighted by molar-refractivity contribution is 5.95. The summed E-state index contributed by atoms with van der Waals surface area (Å²) in [6.07, 6.45) is 1.63. The smallest absolute Gasteiger partial charge is 0.292 e. The maximum atomic E-state index is 11.9. The highest BCUT2D eigenvalue weighted by atomic mass is 16.6. The van der Waals surface area contributed by atoms with Gasteiger partial charge in [-0.15, -0.1) is 0 Å². The number of nitrogens with one attached hydrogen (secondary N) is 1. The van der Waals surface area contributed by atoms with Gasteiger partial charge in [-0.1, -0.05) is 0 Å².